The van der Waals surface area contributed by atoms with E-state index in [0.29, 0.717) is 0 Å². The van der Waals surface area contributed by atoms with Gasteiger partial charge in [0.25, 0.3) is 0 Å². The maximum atomic E-state index is 6.64. The summed E-state index contributed by atoms with van der Waals surface area (Å²) in [5, 5.41) is 0. The van der Waals surface area contributed by atoms with Gasteiger partial charge in [-0.2, -0.15) is 0 Å². The van der Waals surface area contributed by atoms with Gasteiger partial charge in [0.15, 0.2) is 0 Å². The summed E-state index contributed by atoms with van der Waals surface area (Å²) in [6, 6.07) is 6.78. The zero-order valence-corrected chi connectivity index (χ0v) is 11.4. The fourth-order valence-corrected chi connectivity index (χ4v) is 3.15. The molecule has 0 bridgehead atoms. The minimum atomic E-state index is -0.0670. The Hall–Kier alpha value is -0.820. The number of aryl methyl sites for hydroxylation is 2. The average molecular weight is 231 g/mol. The number of rotatable bonds is 2. The molecule has 0 unspecified atom stereocenters. The van der Waals surface area contributed by atoms with E-state index in [0.717, 1.165) is 18.8 Å². The molecule has 0 amide bonds. The van der Waals surface area contributed by atoms with E-state index in [-0.39, 0.29) is 5.54 Å². The normalized spacial score (nSPS) is 29.3. The van der Waals surface area contributed by atoms with Crippen LogP contribution in [0.5, 0.6) is 0 Å². The van der Waals surface area contributed by atoms with E-state index >= 15 is 0 Å². The third kappa shape index (κ3) is 2.71. The van der Waals surface area contributed by atoms with Gasteiger partial charge in [0.1, 0.15) is 0 Å². The minimum Gasteiger partial charge on any atom is -0.321 e. The lowest BCUT2D eigenvalue weighted by Gasteiger charge is -2.37. The van der Waals surface area contributed by atoms with E-state index in [1.54, 1.807) is 0 Å². The van der Waals surface area contributed by atoms with Gasteiger partial charge in [-0.3, -0.25) is 0 Å². The first-order valence-corrected chi connectivity index (χ1v) is 6.91. The zero-order valence-electron chi connectivity index (χ0n) is 11.4. The first-order valence-electron chi connectivity index (χ1n) is 6.91. The predicted molar refractivity (Wildman–Crippen MR) is 74.0 cm³/mol. The van der Waals surface area contributed by atoms with Crippen LogP contribution in [0.25, 0.3) is 0 Å². The summed E-state index contributed by atoms with van der Waals surface area (Å²) in [6.45, 7) is 6.63. The molecule has 0 atom stereocenters. The van der Waals surface area contributed by atoms with E-state index in [9.17, 15) is 0 Å². The van der Waals surface area contributed by atoms with Crippen molar-refractivity contribution in [2.75, 3.05) is 0 Å². The third-order valence-corrected chi connectivity index (χ3v) is 4.37. The van der Waals surface area contributed by atoms with Crippen molar-refractivity contribution < 1.29 is 0 Å². The van der Waals surface area contributed by atoms with Gasteiger partial charge in [0, 0.05) is 5.54 Å². The molecule has 0 heterocycles. The van der Waals surface area contributed by atoms with Crippen molar-refractivity contribution in [1.29, 1.82) is 0 Å². The standard InChI is InChI=1S/C16H25N/c1-4-14-5-7-16(17,8-6-14)15-10-12(2)9-13(3)11-15/h9-11,14H,4-8,17H2,1-3H3. The summed E-state index contributed by atoms with van der Waals surface area (Å²) in [6.07, 6.45) is 6.19. The first kappa shape index (κ1) is 12.6. The fourth-order valence-electron chi connectivity index (χ4n) is 3.15. The molecule has 0 saturated heterocycles. The van der Waals surface area contributed by atoms with Crippen molar-refractivity contribution in [2.24, 2.45) is 11.7 Å². The number of nitrogens with two attached hydrogens (primary N) is 1. The first-order chi connectivity index (χ1) is 8.03. The molecule has 0 radical (unpaired) electrons. The highest BCUT2D eigenvalue weighted by Crippen LogP contribution is 2.39. The van der Waals surface area contributed by atoms with Crippen molar-refractivity contribution in [2.45, 2.75) is 58.4 Å². The molecule has 0 spiro atoms. The highest BCUT2D eigenvalue weighted by molar-refractivity contribution is 5.33. The molecule has 1 aromatic rings. The lowest BCUT2D eigenvalue weighted by molar-refractivity contribution is 0.231. The molecule has 2 N–H and O–H groups in total. The summed E-state index contributed by atoms with van der Waals surface area (Å²) in [7, 11) is 0. The van der Waals surface area contributed by atoms with Crippen LogP contribution in [0.4, 0.5) is 0 Å². The highest BCUT2D eigenvalue weighted by Gasteiger charge is 2.32. The second-order valence-corrected chi connectivity index (χ2v) is 5.88. The van der Waals surface area contributed by atoms with Crippen LogP contribution in [0.1, 0.15) is 55.7 Å². The summed E-state index contributed by atoms with van der Waals surface area (Å²) < 4.78 is 0. The molecule has 1 aliphatic carbocycles. The monoisotopic (exact) mass is 231 g/mol. The topological polar surface area (TPSA) is 26.0 Å². The Morgan fingerprint density at radius 2 is 1.65 bits per heavy atom. The van der Waals surface area contributed by atoms with Crippen molar-refractivity contribution in [1.82, 2.24) is 0 Å². The van der Waals surface area contributed by atoms with E-state index in [1.807, 2.05) is 0 Å². The summed E-state index contributed by atoms with van der Waals surface area (Å²) in [4.78, 5) is 0. The second kappa shape index (κ2) is 4.81. The van der Waals surface area contributed by atoms with E-state index in [2.05, 4.69) is 39.0 Å². The molecule has 0 aromatic heterocycles. The predicted octanol–water partition coefficient (Wildman–Crippen LogP) is 4.06. The molecule has 1 heteroatoms. The van der Waals surface area contributed by atoms with Crippen LogP contribution in [0.2, 0.25) is 0 Å². The summed E-state index contributed by atoms with van der Waals surface area (Å²) >= 11 is 0. The maximum Gasteiger partial charge on any atom is 0.0410 e. The second-order valence-electron chi connectivity index (χ2n) is 5.88. The summed E-state index contributed by atoms with van der Waals surface area (Å²) in [5.74, 6) is 0.901. The lowest BCUT2D eigenvalue weighted by Crippen LogP contribution is -2.40. The summed E-state index contributed by atoms with van der Waals surface area (Å²) in [5.41, 5.74) is 10.6. The molecular formula is C16H25N. The van der Waals surface area contributed by atoms with Crippen molar-refractivity contribution in [3.63, 3.8) is 0 Å². The minimum absolute atomic E-state index is 0.0670. The van der Waals surface area contributed by atoms with Gasteiger partial charge in [0.2, 0.25) is 0 Å². The molecule has 2 rings (SSSR count). The average Bonchev–Trinajstić information content (AvgIpc) is 2.29. The molecular weight excluding hydrogens is 206 g/mol. The van der Waals surface area contributed by atoms with Gasteiger partial charge in [0.05, 0.1) is 0 Å². The van der Waals surface area contributed by atoms with Crippen molar-refractivity contribution >= 4 is 0 Å². The molecule has 1 aromatic carbocycles. The number of hydrogen-bond acceptors (Lipinski definition) is 1. The van der Waals surface area contributed by atoms with Crippen LogP contribution in [0, 0.1) is 19.8 Å². The van der Waals surface area contributed by atoms with Gasteiger partial charge >= 0.3 is 0 Å². The molecule has 1 aliphatic rings. The number of hydrogen-bond donors (Lipinski definition) is 1. The van der Waals surface area contributed by atoms with E-state index in [4.69, 9.17) is 5.73 Å². The largest absolute Gasteiger partial charge is 0.321 e. The van der Waals surface area contributed by atoms with Crippen molar-refractivity contribution in [3.8, 4) is 0 Å². The maximum absolute atomic E-state index is 6.64. The quantitative estimate of drug-likeness (QED) is 0.816. The smallest absolute Gasteiger partial charge is 0.0410 e. The Kier molecular flexibility index (Phi) is 3.58. The zero-order chi connectivity index (χ0) is 12.5. The Balaban J connectivity index is 2.21. The van der Waals surface area contributed by atoms with E-state index in [1.165, 1.54) is 36.0 Å². The molecule has 1 nitrogen and oxygen atoms in total. The van der Waals surface area contributed by atoms with Crippen LogP contribution < -0.4 is 5.73 Å². The molecule has 94 valence electrons. The molecule has 1 fully saturated rings. The lowest BCUT2D eigenvalue weighted by atomic mass is 9.72. The molecule has 1 saturated carbocycles. The number of benzene rings is 1. The Labute approximate surface area is 105 Å². The Bertz CT molecular complexity index is 366. The molecule has 0 aliphatic heterocycles. The third-order valence-electron chi connectivity index (χ3n) is 4.37. The van der Waals surface area contributed by atoms with Crippen molar-refractivity contribution in [3.05, 3.63) is 34.9 Å². The van der Waals surface area contributed by atoms with Gasteiger partial charge in [-0.15, -0.1) is 0 Å². The fraction of sp³-hybridized carbons (Fsp3) is 0.625. The van der Waals surface area contributed by atoms with Gasteiger partial charge in [-0.25, -0.2) is 0 Å². The SMILES string of the molecule is CCC1CCC(N)(c2cc(C)cc(C)c2)CC1. The van der Waals surface area contributed by atoms with Gasteiger partial charge in [-0.1, -0.05) is 42.7 Å². The van der Waals surface area contributed by atoms with Gasteiger partial charge in [-0.05, 0) is 51.0 Å². The van der Waals surface area contributed by atoms with Crippen LogP contribution in [-0.2, 0) is 5.54 Å². The Morgan fingerprint density at radius 1 is 1.12 bits per heavy atom. The van der Waals surface area contributed by atoms with E-state index < -0.39 is 0 Å². The highest BCUT2D eigenvalue weighted by atomic mass is 14.7. The van der Waals surface area contributed by atoms with Crippen LogP contribution >= 0.6 is 0 Å². The van der Waals surface area contributed by atoms with Crippen LogP contribution in [-0.4, -0.2) is 0 Å². The van der Waals surface area contributed by atoms with Crippen LogP contribution in [0.15, 0.2) is 18.2 Å². The van der Waals surface area contributed by atoms with Crippen LogP contribution in [0.3, 0.4) is 0 Å². The Morgan fingerprint density at radius 3 is 2.12 bits per heavy atom. The molecule has 17 heavy (non-hydrogen) atoms. The van der Waals surface area contributed by atoms with Gasteiger partial charge < -0.3 is 5.73 Å².